The minimum atomic E-state index is -0.0630. The van der Waals surface area contributed by atoms with Crippen molar-refractivity contribution in [3.63, 3.8) is 0 Å². The lowest BCUT2D eigenvalue weighted by Gasteiger charge is -2.11. The third-order valence-corrected chi connectivity index (χ3v) is 1.75. The van der Waals surface area contributed by atoms with Crippen LogP contribution in [0.1, 0.15) is 16.1 Å². The van der Waals surface area contributed by atoms with Crippen LogP contribution in [0.5, 0.6) is 0 Å². The summed E-state index contributed by atoms with van der Waals surface area (Å²) in [5, 5.41) is 0. The Morgan fingerprint density at radius 3 is 2.64 bits per heavy atom. The molecule has 0 aliphatic heterocycles. The van der Waals surface area contributed by atoms with Crippen LogP contribution in [0.25, 0.3) is 0 Å². The monoisotopic (exact) mass is 194 g/mol. The Labute approximate surface area is 82.9 Å². The lowest BCUT2D eigenvalue weighted by molar-refractivity contribution is 0.0827. The van der Waals surface area contributed by atoms with Crippen LogP contribution in [0.2, 0.25) is 0 Å². The zero-order valence-corrected chi connectivity index (χ0v) is 8.53. The highest BCUT2D eigenvalue weighted by Gasteiger charge is 2.09. The van der Waals surface area contributed by atoms with Crippen LogP contribution in [0.4, 0.5) is 5.82 Å². The molecule has 5 heteroatoms. The number of aryl methyl sites for hydroxylation is 1. The van der Waals surface area contributed by atoms with E-state index in [4.69, 9.17) is 5.84 Å². The van der Waals surface area contributed by atoms with Gasteiger partial charge >= 0.3 is 0 Å². The fourth-order valence-corrected chi connectivity index (χ4v) is 1.12. The molecular weight excluding hydrogens is 180 g/mol. The Kier molecular flexibility index (Phi) is 3.03. The van der Waals surface area contributed by atoms with Crippen LogP contribution in [-0.2, 0) is 0 Å². The second-order valence-corrected chi connectivity index (χ2v) is 3.23. The van der Waals surface area contributed by atoms with Gasteiger partial charge in [0.05, 0.1) is 0 Å². The highest BCUT2D eigenvalue weighted by Crippen LogP contribution is 2.10. The number of rotatable bonds is 2. The third-order valence-electron chi connectivity index (χ3n) is 1.75. The van der Waals surface area contributed by atoms with E-state index in [1.165, 1.54) is 4.90 Å². The first-order chi connectivity index (χ1) is 6.54. The van der Waals surface area contributed by atoms with Crippen molar-refractivity contribution in [2.24, 2.45) is 5.84 Å². The fourth-order valence-electron chi connectivity index (χ4n) is 1.12. The van der Waals surface area contributed by atoms with Gasteiger partial charge < -0.3 is 10.3 Å². The van der Waals surface area contributed by atoms with Crippen molar-refractivity contribution in [3.8, 4) is 0 Å². The molecule has 0 aliphatic carbocycles. The smallest absolute Gasteiger partial charge is 0.253 e. The van der Waals surface area contributed by atoms with Gasteiger partial charge in [-0.05, 0) is 19.1 Å². The maximum Gasteiger partial charge on any atom is 0.253 e. The topological polar surface area (TPSA) is 71.2 Å². The lowest BCUT2D eigenvalue weighted by Crippen LogP contribution is -2.22. The average Bonchev–Trinajstić information content (AvgIpc) is 2.15. The van der Waals surface area contributed by atoms with Crippen LogP contribution in [0.15, 0.2) is 12.1 Å². The number of carbonyl (C=O) groups is 1. The van der Waals surface area contributed by atoms with E-state index < -0.39 is 0 Å². The molecule has 0 saturated heterocycles. The lowest BCUT2D eigenvalue weighted by atomic mass is 10.2. The van der Waals surface area contributed by atoms with Gasteiger partial charge in [-0.3, -0.25) is 4.79 Å². The van der Waals surface area contributed by atoms with Crippen LogP contribution >= 0.6 is 0 Å². The molecule has 5 nitrogen and oxygen atoms in total. The molecule has 1 heterocycles. The maximum absolute atomic E-state index is 11.6. The van der Waals surface area contributed by atoms with Gasteiger partial charge in [0.1, 0.15) is 5.82 Å². The molecule has 1 aromatic heterocycles. The number of nitrogens with two attached hydrogens (primary N) is 1. The van der Waals surface area contributed by atoms with Crippen molar-refractivity contribution in [2.45, 2.75) is 6.92 Å². The van der Waals surface area contributed by atoms with Gasteiger partial charge in [-0.2, -0.15) is 0 Å². The number of pyridine rings is 1. The molecule has 14 heavy (non-hydrogen) atoms. The third kappa shape index (κ3) is 2.20. The zero-order valence-electron chi connectivity index (χ0n) is 8.53. The van der Waals surface area contributed by atoms with E-state index in [1.54, 1.807) is 26.2 Å². The summed E-state index contributed by atoms with van der Waals surface area (Å²) in [6.07, 6.45) is 0. The first kappa shape index (κ1) is 10.5. The number of nitrogen functional groups attached to an aromatic ring is 1. The van der Waals surface area contributed by atoms with Crippen molar-refractivity contribution in [2.75, 3.05) is 19.5 Å². The van der Waals surface area contributed by atoms with Gasteiger partial charge in [-0.1, -0.05) is 0 Å². The molecule has 3 N–H and O–H groups in total. The molecule has 0 spiro atoms. The molecule has 0 radical (unpaired) electrons. The highest BCUT2D eigenvalue weighted by atomic mass is 16.2. The first-order valence-electron chi connectivity index (χ1n) is 4.21. The molecule has 1 aromatic rings. The number of anilines is 1. The molecule has 0 fully saturated rings. The van der Waals surface area contributed by atoms with E-state index in [2.05, 4.69) is 10.4 Å². The Balaban J connectivity index is 3.09. The molecule has 0 unspecified atom stereocenters. The highest BCUT2D eigenvalue weighted by molar-refractivity contribution is 5.94. The van der Waals surface area contributed by atoms with E-state index in [0.29, 0.717) is 11.4 Å². The molecule has 1 amide bonds. The van der Waals surface area contributed by atoms with Crippen molar-refractivity contribution in [3.05, 3.63) is 23.4 Å². The molecular formula is C9H14N4O. The minimum Gasteiger partial charge on any atom is -0.345 e. The molecule has 76 valence electrons. The summed E-state index contributed by atoms with van der Waals surface area (Å²) < 4.78 is 0. The zero-order chi connectivity index (χ0) is 10.7. The summed E-state index contributed by atoms with van der Waals surface area (Å²) >= 11 is 0. The van der Waals surface area contributed by atoms with E-state index in [0.717, 1.165) is 5.69 Å². The van der Waals surface area contributed by atoms with Gasteiger partial charge in [0, 0.05) is 25.4 Å². The van der Waals surface area contributed by atoms with E-state index in [9.17, 15) is 4.79 Å². The van der Waals surface area contributed by atoms with Crippen LogP contribution < -0.4 is 11.3 Å². The molecule has 0 saturated carbocycles. The summed E-state index contributed by atoms with van der Waals surface area (Å²) in [6, 6.07) is 3.35. The van der Waals surface area contributed by atoms with Crippen molar-refractivity contribution in [1.82, 2.24) is 9.88 Å². The SMILES string of the molecule is Cc1cc(C(=O)N(C)C)cc(NN)n1. The van der Waals surface area contributed by atoms with Crippen LogP contribution in [-0.4, -0.2) is 29.9 Å². The Hall–Kier alpha value is -1.62. The van der Waals surface area contributed by atoms with E-state index >= 15 is 0 Å². The van der Waals surface area contributed by atoms with Gasteiger partial charge in [0.15, 0.2) is 0 Å². The number of amides is 1. The summed E-state index contributed by atoms with van der Waals surface area (Å²) in [5.74, 6) is 5.66. The second-order valence-electron chi connectivity index (χ2n) is 3.23. The number of hydrazine groups is 1. The summed E-state index contributed by atoms with van der Waals surface area (Å²) in [7, 11) is 3.40. The van der Waals surface area contributed by atoms with Crippen LogP contribution in [0, 0.1) is 6.92 Å². The number of hydrogen-bond donors (Lipinski definition) is 2. The molecule has 0 aromatic carbocycles. The Morgan fingerprint density at radius 2 is 2.14 bits per heavy atom. The quantitative estimate of drug-likeness (QED) is 0.527. The summed E-state index contributed by atoms with van der Waals surface area (Å²) in [4.78, 5) is 17.2. The molecule has 0 bridgehead atoms. The Bertz CT molecular complexity index is 349. The molecule has 0 aliphatic rings. The van der Waals surface area contributed by atoms with Crippen molar-refractivity contribution in [1.29, 1.82) is 0 Å². The first-order valence-corrected chi connectivity index (χ1v) is 4.21. The van der Waals surface area contributed by atoms with Gasteiger partial charge in [0.2, 0.25) is 0 Å². The normalized spacial score (nSPS) is 9.71. The Morgan fingerprint density at radius 1 is 1.50 bits per heavy atom. The number of carbonyl (C=O) groups excluding carboxylic acids is 1. The predicted molar refractivity (Wildman–Crippen MR) is 54.8 cm³/mol. The number of nitrogens with one attached hydrogen (secondary N) is 1. The maximum atomic E-state index is 11.6. The van der Waals surface area contributed by atoms with Crippen molar-refractivity contribution < 1.29 is 4.79 Å². The average molecular weight is 194 g/mol. The van der Waals surface area contributed by atoms with Gasteiger partial charge in [-0.25, -0.2) is 10.8 Å². The summed E-state index contributed by atoms with van der Waals surface area (Å²) in [5.41, 5.74) is 3.75. The van der Waals surface area contributed by atoms with Gasteiger partial charge in [0.25, 0.3) is 5.91 Å². The van der Waals surface area contributed by atoms with E-state index in [1.807, 2.05) is 6.92 Å². The standard InChI is InChI=1S/C9H14N4O/c1-6-4-7(9(14)13(2)3)5-8(11-6)12-10/h4-5H,10H2,1-3H3,(H,11,12). The second kappa shape index (κ2) is 4.06. The minimum absolute atomic E-state index is 0.0630. The largest absolute Gasteiger partial charge is 0.345 e. The van der Waals surface area contributed by atoms with Gasteiger partial charge in [-0.15, -0.1) is 0 Å². The number of aromatic nitrogens is 1. The molecule has 0 atom stereocenters. The van der Waals surface area contributed by atoms with E-state index in [-0.39, 0.29) is 5.91 Å². The number of nitrogens with zero attached hydrogens (tertiary/aromatic N) is 2. The number of hydrogen-bond acceptors (Lipinski definition) is 4. The fraction of sp³-hybridized carbons (Fsp3) is 0.333. The van der Waals surface area contributed by atoms with Crippen LogP contribution in [0.3, 0.4) is 0 Å². The van der Waals surface area contributed by atoms with Crippen molar-refractivity contribution >= 4 is 11.7 Å². The summed E-state index contributed by atoms with van der Waals surface area (Å²) in [6.45, 7) is 1.81. The molecule has 1 rings (SSSR count). The predicted octanol–water partition coefficient (Wildman–Crippen LogP) is 0.377.